The highest BCUT2D eigenvalue weighted by Gasteiger charge is 2.21. The smallest absolute Gasteiger partial charge is 0.357 e. The van der Waals surface area contributed by atoms with Gasteiger partial charge in [-0.3, -0.25) is 0 Å². The van der Waals surface area contributed by atoms with Crippen molar-refractivity contribution in [3.05, 3.63) is 11.9 Å². The maximum atomic E-state index is 8.88. The molecule has 1 rings (SSSR count). The van der Waals surface area contributed by atoms with Crippen LogP contribution in [-0.2, 0) is 4.57 Å². The van der Waals surface area contributed by atoms with E-state index in [2.05, 4.69) is 43.8 Å². The molecule has 3 N–H and O–H groups in total. The number of rotatable bonds is 17. The average molecular weight is 463 g/mol. The molecule has 31 heavy (non-hydrogen) atoms. The highest BCUT2D eigenvalue weighted by atomic mass is 31.2. The summed E-state index contributed by atoms with van der Waals surface area (Å²) in [7, 11) is -2.44. The van der Waals surface area contributed by atoms with E-state index in [0.29, 0.717) is 6.17 Å². The van der Waals surface area contributed by atoms with Crippen LogP contribution in [0.5, 0.6) is 0 Å². The zero-order valence-electron chi connectivity index (χ0n) is 20.8. The molecule has 0 bridgehead atoms. The molecular formula is C24H51N2O4P. The molecule has 1 atom stereocenters. The van der Waals surface area contributed by atoms with Crippen LogP contribution in [0.4, 0.5) is 0 Å². The molecule has 0 amide bonds. The Balaban J connectivity index is 0.00000161. The Labute approximate surface area is 192 Å². The van der Waals surface area contributed by atoms with E-state index in [4.69, 9.17) is 19.2 Å². The largest absolute Gasteiger partial charge is 0.466 e. The summed E-state index contributed by atoms with van der Waals surface area (Å²) >= 11 is 0. The van der Waals surface area contributed by atoms with Gasteiger partial charge in [-0.15, -0.1) is 0 Å². The minimum absolute atomic E-state index is 0.548. The molecule has 186 valence electrons. The van der Waals surface area contributed by atoms with Crippen molar-refractivity contribution < 1.29 is 19.2 Å². The summed E-state index contributed by atoms with van der Waals surface area (Å²) in [4.78, 5) is 26.4. The molecule has 1 aliphatic rings. The van der Waals surface area contributed by atoms with Crippen molar-refractivity contribution in [2.24, 2.45) is 0 Å². The third-order valence-electron chi connectivity index (χ3n) is 6.22. The van der Waals surface area contributed by atoms with E-state index in [9.17, 15) is 0 Å². The van der Waals surface area contributed by atoms with E-state index in [1.807, 2.05) is 0 Å². The minimum Gasteiger partial charge on any atom is -0.357 e. The number of unbranched alkanes of at least 4 members (excludes halogenated alkanes) is 15. The van der Waals surface area contributed by atoms with Crippen LogP contribution in [0.1, 0.15) is 124 Å². The van der Waals surface area contributed by atoms with E-state index >= 15 is 0 Å². The van der Waals surface area contributed by atoms with Crippen LogP contribution in [0, 0.1) is 0 Å². The molecule has 1 aliphatic heterocycles. The van der Waals surface area contributed by atoms with Gasteiger partial charge in [-0.05, 0) is 20.3 Å². The van der Waals surface area contributed by atoms with Gasteiger partial charge in [-0.2, -0.15) is 0 Å². The van der Waals surface area contributed by atoms with Gasteiger partial charge >= 0.3 is 7.82 Å². The lowest BCUT2D eigenvalue weighted by atomic mass is 10.0. The van der Waals surface area contributed by atoms with Crippen LogP contribution < -0.4 is 0 Å². The van der Waals surface area contributed by atoms with Crippen LogP contribution in [0.15, 0.2) is 11.9 Å². The summed E-state index contributed by atoms with van der Waals surface area (Å²) in [5.74, 6) is 0. The lowest BCUT2D eigenvalue weighted by Gasteiger charge is -2.27. The number of allylic oxidation sites excluding steroid dienone is 1. The molecule has 6 nitrogen and oxygen atoms in total. The minimum atomic E-state index is -4.64. The summed E-state index contributed by atoms with van der Waals surface area (Å²) in [6.07, 6.45) is 26.0. The van der Waals surface area contributed by atoms with Gasteiger partial charge in [-0.25, -0.2) is 4.57 Å². The second-order valence-electron chi connectivity index (χ2n) is 9.07. The fraction of sp³-hybridized carbons (Fsp3) is 0.917. The van der Waals surface area contributed by atoms with Gasteiger partial charge in [-0.1, -0.05) is 103 Å². The van der Waals surface area contributed by atoms with Crippen LogP contribution in [0.3, 0.4) is 0 Å². The molecule has 1 unspecified atom stereocenters. The highest BCUT2D eigenvalue weighted by molar-refractivity contribution is 7.45. The number of hydrogen-bond donors (Lipinski definition) is 3. The number of phosphoric acid groups is 1. The number of hydrogen-bond acceptors (Lipinski definition) is 3. The second kappa shape index (κ2) is 19.0. The maximum absolute atomic E-state index is 8.88. The Morgan fingerprint density at radius 1 is 0.774 bits per heavy atom. The van der Waals surface area contributed by atoms with Crippen molar-refractivity contribution in [3.63, 3.8) is 0 Å². The first-order chi connectivity index (χ1) is 14.7. The van der Waals surface area contributed by atoms with Gasteiger partial charge < -0.3 is 24.5 Å². The zero-order chi connectivity index (χ0) is 23.5. The fourth-order valence-corrected chi connectivity index (χ4v) is 4.05. The van der Waals surface area contributed by atoms with Gasteiger partial charge in [0.15, 0.2) is 0 Å². The molecule has 7 heteroatoms. The molecule has 0 saturated heterocycles. The SMILES string of the molecule is CCCCCCCCCCCCCCCCCCN1C=C(C)N(C)C1C.O=P(O)(O)O. The first-order valence-corrected chi connectivity index (χ1v) is 14.2. The zero-order valence-corrected chi connectivity index (χ0v) is 21.7. The van der Waals surface area contributed by atoms with Gasteiger partial charge in [0.1, 0.15) is 0 Å². The van der Waals surface area contributed by atoms with Crippen LogP contribution in [0.2, 0.25) is 0 Å². The van der Waals surface area contributed by atoms with Crippen molar-refractivity contribution >= 4 is 7.82 Å². The first kappa shape index (κ1) is 30.4. The second-order valence-corrected chi connectivity index (χ2v) is 10.1. The van der Waals surface area contributed by atoms with Crippen molar-refractivity contribution in [3.8, 4) is 0 Å². The van der Waals surface area contributed by atoms with Crippen molar-refractivity contribution in [2.45, 2.75) is 130 Å². The normalized spacial score (nSPS) is 16.4. The Morgan fingerprint density at radius 3 is 1.39 bits per heavy atom. The van der Waals surface area contributed by atoms with Crippen LogP contribution >= 0.6 is 7.82 Å². The van der Waals surface area contributed by atoms with E-state index in [0.717, 1.165) is 0 Å². The predicted molar refractivity (Wildman–Crippen MR) is 131 cm³/mol. The van der Waals surface area contributed by atoms with E-state index in [1.54, 1.807) is 0 Å². The Bertz CT molecular complexity index is 488. The quantitative estimate of drug-likeness (QED) is 0.163. The topological polar surface area (TPSA) is 84.2 Å². The third kappa shape index (κ3) is 19.8. The van der Waals surface area contributed by atoms with Crippen molar-refractivity contribution in [1.82, 2.24) is 9.80 Å². The van der Waals surface area contributed by atoms with E-state index < -0.39 is 7.82 Å². The summed E-state index contributed by atoms with van der Waals surface area (Å²) in [6.45, 7) is 8.04. The van der Waals surface area contributed by atoms with Crippen molar-refractivity contribution in [2.75, 3.05) is 13.6 Å². The predicted octanol–water partition coefficient (Wildman–Crippen LogP) is 6.77. The van der Waals surface area contributed by atoms with E-state index in [-0.39, 0.29) is 0 Å². The molecule has 0 fully saturated rings. The summed E-state index contributed by atoms with van der Waals surface area (Å²) in [6, 6.07) is 0. The molecule has 0 aliphatic carbocycles. The summed E-state index contributed by atoms with van der Waals surface area (Å²) < 4.78 is 8.88. The maximum Gasteiger partial charge on any atom is 0.466 e. The lowest BCUT2D eigenvalue weighted by molar-refractivity contribution is 0.185. The average Bonchev–Trinajstić information content (AvgIpc) is 2.93. The molecule has 0 aromatic rings. The molecule has 0 radical (unpaired) electrons. The van der Waals surface area contributed by atoms with Gasteiger partial charge in [0.05, 0.1) is 6.17 Å². The highest BCUT2D eigenvalue weighted by Crippen LogP contribution is 2.25. The summed E-state index contributed by atoms with van der Waals surface area (Å²) in [5, 5.41) is 0. The molecular weight excluding hydrogens is 411 g/mol. The Kier molecular flexibility index (Phi) is 18.6. The molecule has 0 spiro atoms. The van der Waals surface area contributed by atoms with Crippen LogP contribution in [0.25, 0.3) is 0 Å². The Morgan fingerprint density at radius 2 is 1.10 bits per heavy atom. The standard InChI is InChI=1S/C24H48N2.H3O4P/c1-5-6-7-8-9-10-11-12-13-14-15-16-17-18-19-20-21-26-22-23(2)25(4)24(26)3;1-5(2,3)4/h22,24H,5-21H2,1-4H3;(H3,1,2,3,4). The summed E-state index contributed by atoms with van der Waals surface area (Å²) in [5.41, 5.74) is 1.40. The van der Waals surface area contributed by atoms with Crippen molar-refractivity contribution in [1.29, 1.82) is 0 Å². The first-order valence-electron chi connectivity index (χ1n) is 12.6. The van der Waals surface area contributed by atoms with Crippen LogP contribution in [-0.4, -0.2) is 44.2 Å². The molecule has 1 heterocycles. The molecule has 0 aromatic heterocycles. The number of nitrogens with zero attached hydrogens (tertiary/aromatic N) is 2. The van der Waals surface area contributed by atoms with Gasteiger partial charge in [0.2, 0.25) is 0 Å². The lowest BCUT2D eigenvalue weighted by Crippen LogP contribution is -2.34. The third-order valence-corrected chi connectivity index (χ3v) is 6.22. The molecule has 0 saturated carbocycles. The monoisotopic (exact) mass is 462 g/mol. The Hall–Kier alpha value is -0.550. The van der Waals surface area contributed by atoms with Gasteiger partial charge in [0, 0.05) is 25.5 Å². The molecule has 0 aromatic carbocycles. The fourth-order valence-electron chi connectivity index (χ4n) is 4.05. The van der Waals surface area contributed by atoms with E-state index in [1.165, 1.54) is 115 Å². The van der Waals surface area contributed by atoms with Gasteiger partial charge in [0.25, 0.3) is 0 Å².